The van der Waals surface area contributed by atoms with Crippen LogP contribution in [0.1, 0.15) is 24.1 Å². The van der Waals surface area contributed by atoms with Gasteiger partial charge in [0, 0.05) is 21.2 Å². The van der Waals surface area contributed by atoms with Crippen molar-refractivity contribution in [2.75, 3.05) is 5.32 Å². The van der Waals surface area contributed by atoms with Crippen molar-refractivity contribution in [3.63, 3.8) is 0 Å². The molecular weight excluding hydrogens is 310 g/mol. The second-order valence-electron chi connectivity index (χ2n) is 4.35. The van der Waals surface area contributed by atoms with Gasteiger partial charge in [0.05, 0.1) is 0 Å². The molecule has 0 aliphatic carbocycles. The van der Waals surface area contributed by atoms with Gasteiger partial charge in [0.2, 0.25) is 0 Å². The minimum Gasteiger partial charge on any atom is -0.378 e. The van der Waals surface area contributed by atoms with Gasteiger partial charge in [-0.15, -0.1) is 0 Å². The Labute approximate surface area is 121 Å². The number of nitrogens with one attached hydrogen (secondary N) is 1. The molecular formula is C15H15BrClN. The number of rotatable bonds is 3. The van der Waals surface area contributed by atoms with E-state index < -0.39 is 0 Å². The van der Waals surface area contributed by atoms with E-state index in [9.17, 15) is 0 Å². The third-order valence-corrected chi connectivity index (χ3v) is 3.90. The predicted molar refractivity (Wildman–Crippen MR) is 82.4 cm³/mol. The Kier molecular flexibility index (Phi) is 4.31. The van der Waals surface area contributed by atoms with Crippen molar-refractivity contribution >= 4 is 33.2 Å². The Morgan fingerprint density at radius 2 is 1.89 bits per heavy atom. The van der Waals surface area contributed by atoms with Crippen molar-refractivity contribution in [2.24, 2.45) is 0 Å². The molecule has 0 aliphatic rings. The first-order valence-corrected chi connectivity index (χ1v) is 7.02. The summed E-state index contributed by atoms with van der Waals surface area (Å²) < 4.78 is 1.12. The standard InChI is InChI=1S/C15H15BrClN/c1-10-7-8-12(17)9-15(10)18-11(2)13-5-3-4-6-14(13)16/h3-9,11,18H,1-2H3. The Morgan fingerprint density at radius 1 is 1.17 bits per heavy atom. The van der Waals surface area contributed by atoms with Crippen LogP contribution in [0.2, 0.25) is 5.02 Å². The van der Waals surface area contributed by atoms with Crippen LogP contribution in [0.3, 0.4) is 0 Å². The van der Waals surface area contributed by atoms with Crippen LogP contribution in [0, 0.1) is 6.92 Å². The summed E-state index contributed by atoms with van der Waals surface area (Å²) in [4.78, 5) is 0. The lowest BCUT2D eigenvalue weighted by Gasteiger charge is -2.18. The van der Waals surface area contributed by atoms with Gasteiger partial charge in [-0.05, 0) is 43.2 Å². The summed E-state index contributed by atoms with van der Waals surface area (Å²) in [6.07, 6.45) is 0. The summed E-state index contributed by atoms with van der Waals surface area (Å²) in [5, 5.41) is 4.25. The number of hydrogen-bond acceptors (Lipinski definition) is 1. The quantitative estimate of drug-likeness (QED) is 0.776. The summed E-state index contributed by atoms with van der Waals surface area (Å²) in [7, 11) is 0. The normalized spacial score (nSPS) is 12.2. The van der Waals surface area contributed by atoms with Crippen LogP contribution < -0.4 is 5.32 Å². The van der Waals surface area contributed by atoms with E-state index in [1.165, 1.54) is 11.1 Å². The highest BCUT2D eigenvalue weighted by Crippen LogP contribution is 2.28. The van der Waals surface area contributed by atoms with Crippen molar-refractivity contribution in [1.82, 2.24) is 0 Å². The molecule has 0 amide bonds. The minimum absolute atomic E-state index is 0.220. The van der Waals surface area contributed by atoms with Crippen LogP contribution in [0.25, 0.3) is 0 Å². The van der Waals surface area contributed by atoms with E-state index in [1.807, 2.05) is 30.3 Å². The molecule has 1 nitrogen and oxygen atoms in total. The van der Waals surface area contributed by atoms with Crippen LogP contribution in [-0.2, 0) is 0 Å². The number of hydrogen-bond donors (Lipinski definition) is 1. The molecule has 1 N–H and O–H groups in total. The molecule has 0 heterocycles. The van der Waals surface area contributed by atoms with E-state index in [4.69, 9.17) is 11.6 Å². The first-order valence-electron chi connectivity index (χ1n) is 5.85. The Bertz CT molecular complexity index is 554. The van der Waals surface area contributed by atoms with Crippen LogP contribution >= 0.6 is 27.5 Å². The summed E-state index contributed by atoms with van der Waals surface area (Å²) in [5.41, 5.74) is 3.50. The van der Waals surface area contributed by atoms with E-state index >= 15 is 0 Å². The highest BCUT2D eigenvalue weighted by molar-refractivity contribution is 9.10. The molecule has 0 saturated carbocycles. The summed E-state index contributed by atoms with van der Waals surface area (Å²) >= 11 is 9.61. The summed E-state index contributed by atoms with van der Waals surface area (Å²) in [6.45, 7) is 4.21. The smallest absolute Gasteiger partial charge is 0.0496 e. The summed E-state index contributed by atoms with van der Waals surface area (Å²) in [5.74, 6) is 0. The lowest BCUT2D eigenvalue weighted by atomic mass is 10.1. The van der Waals surface area contributed by atoms with Crippen molar-refractivity contribution in [3.8, 4) is 0 Å². The molecule has 0 spiro atoms. The highest BCUT2D eigenvalue weighted by Gasteiger charge is 2.09. The molecule has 1 atom stereocenters. The largest absolute Gasteiger partial charge is 0.378 e. The third-order valence-electron chi connectivity index (χ3n) is 2.94. The Hall–Kier alpha value is -0.990. The zero-order chi connectivity index (χ0) is 13.1. The highest BCUT2D eigenvalue weighted by atomic mass is 79.9. The van der Waals surface area contributed by atoms with E-state index in [-0.39, 0.29) is 6.04 Å². The number of benzene rings is 2. The molecule has 0 radical (unpaired) electrons. The monoisotopic (exact) mass is 323 g/mol. The Balaban J connectivity index is 2.24. The first-order chi connectivity index (χ1) is 8.58. The second kappa shape index (κ2) is 5.77. The maximum absolute atomic E-state index is 6.03. The molecule has 18 heavy (non-hydrogen) atoms. The fourth-order valence-corrected chi connectivity index (χ4v) is 2.69. The van der Waals surface area contributed by atoms with Gasteiger partial charge in [0.1, 0.15) is 0 Å². The van der Waals surface area contributed by atoms with Gasteiger partial charge in [0.25, 0.3) is 0 Å². The van der Waals surface area contributed by atoms with E-state index in [0.29, 0.717) is 0 Å². The third kappa shape index (κ3) is 3.06. The molecule has 1 unspecified atom stereocenters. The molecule has 2 rings (SSSR count). The van der Waals surface area contributed by atoms with Gasteiger partial charge in [0.15, 0.2) is 0 Å². The number of halogens is 2. The second-order valence-corrected chi connectivity index (χ2v) is 5.64. The van der Waals surface area contributed by atoms with Gasteiger partial charge < -0.3 is 5.32 Å². The molecule has 94 valence electrons. The predicted octanol–water partition coefficient (Wildman–Crippen LogP) is 5.58. The molecule has 0 bridgehead atoms. The summed E-state index contributed by atoms with van der Waals surface area (Å²) in [6, 6.07) is 14.3. The van der Waals surface area contributed by atoms with Crippen molar-refractivity contribution < 1.29 is 0 Å². The van der Waals surface area contributed by atoms with Crippen molar-refractivity contribution in [2.45, 2.75) is 19.9 Å². The maximum atomic E-state index is 6.03. The van der Waals surface area contributed by atoms with Gasteiger partial charge in [-0.1, -0.05) is 51.8 Å². The van der Waals surface area contributed by atoms with Crippen LogP contribution in [-0.4, -0.2) is 0 Å². The fourth-order valence-electron chi connectivity index (χ4n) is 1.89. The SMILES string of the molecule is Cc1ccc(Cl)cc1NC(C)c1ccccc1Br. The van der Waals surface area contributed by atoms with E-state index in [0.717, 1.165) is 15.2 Å². The number of anilines is 1. The molecule has 0 saturated heterocycles. The van der Waals surface area contributed by atoms with Gasteiger partial charge in [-0.2, -0.15) is 0 Å². The average molecular weight is 325 g/mol. The molecule has 0 aromatic heterocycles. The van der Waals surface area contributed by atoms with Gasteiger partial charge in [-0.3, -0.25) is 0 Å². The molecule has 0 fully saturated rings. The van der Waals surface area contributed by atoms with Gasteiger partial charge in [-0.25, -0.2) is 0 Å². The maximum Gasteiger partial charge on any atom is 0.0496 e. The van der Waals surface area contributed by atoms with Crippen LogP contribution in [0.15, 0.2) is 46.9 Å². The van der Waals surface area contributed by atoms with Crippen LogP contribution in [0.5, 0.6) is 0 Å². The topological polar surface area (TPSA) is 12.0 Å². The molecule has 2 aromatic rings. The number of aryl methyl sites for hydroxylation is 1. The van der Waals surface area contributed by atoms with E-state index in [2.05, 4.69) is 47.2 Å². The van der Waals surface area contributed by atoms with Crippen LogP contribution in [0.4, 0.5) is 5.69 Å². The lowest BCUT2D eigenvalue weighted by Crippen LogP contribution is -2.08. The van der Waals surface area contributed by atoms with E-state index in [1.54, 1.807) is 0 Å². The zero-order valence-electron chi connectivity index (χ0n) is 10.4. The Morgan fingerprint density at radius 3 is 2.61 bits per heavy atom. The minimum atomic E-state index is 0.220. The van der Waals surface area contributed by atoms with Gasteiger partial charge >= 0.3 is 0 Å². The van der Waals surface area contributed by atoms with Crippen molar-refractivity contribution in [3.05, 3.63) is 63.1 Å². The zero-order valence-corrected chi connectivity index (χ0v) is 12.7. The molecule has 0 aliphatic heterocycles. The fraction of sp³-hybridized carbons (Fsp3) is 0.200. The average Bonchev–Trinajstić information content (AvgIpc) is 2.34. The molecule has 2 aromatic carbocycles. The first kappa shape index (κ1) is 13.4. The lowest BCUT2D eigenvalue weighted by molar-refractivity contribution is 0.877. The van der Waals surface area contributed by atoms with Crippen molar-refractivity contribution in [1.29, 1.82) is 0 Å². The molecule has 3 heteroatoms.